The number of hydrogen-bond donors (Lipinski definition) is 2. The van der Waals surface area contributed by atoms with Gasteiger partial charge in [0, 0.05) is 12.6 Å². The van der Waals surface area contributed by atoms with Gasteiger partial charge < -0.3 is 10.4 Å². The van der Waals surface area contributed by atoms with Gasteiger partial charge >= 0.3 is 6.18 Å². The maximum Gasteiger partial charge on any atom is 0.416 e. The minimum atomic E-state index is -4.31. The SMILES string of the molecule is CC(NCC1CCCC1O)c1cccc(C(F)(F)F)c1. The summed E-state index contributed by atoms with van der Waals surface area (Å²) in [7, 11) is 0. The van der Waals surface area contributed by atoms with E-state index in [1.807, 2.05) is 6.92 Å². The Morgan fingerprint density at radius 1 is 1.35 bits per heavy atom. The van der Waals surface area contributed by atoms with Crippen LogP contribution < -0.4 is 5.32 Å². The molecule has 1 aliphatic carbocycles. The lowest BCUT2D eigenvalue weighted by molar-refractivity contribution is -0.137. The third-order valence-electron chi connectivity index (χ3n) is 4.02. The van der Waals surface area contributed by atoms with E-state index in [0.717, 1.165) is 25.3 Å². The molecule has 5 heteroatoms. The number of aliphatic hydroxyl groups excluding tert-OH is 1. The van der Waals surface area contributed by atoms with E-state index in [1.54, 1.807) is 6.07 Å². The van der Waals surface area contributed by atoms with Crippen molar-refractivity contribution >= 4 is 0 Å². The molecule has 0 aromatic heterocycles. The highest BCUT2D eigenvalue weighted by atomic mass is 19.4. The molecule has 0 radical (unpaired) electrons. The second-order valence-corrected chi connectivity index (χ2v) is 5.51. The Hall–Kier alpha value is -1.07. The Morgan fingerprint density at radius 2 is 2.10 bits per heavy atom. The average Bonchev–Trinajstić information content (AvgIpc) is 2.81. The number of rotatable bonds is 4. The summed E-state index contributed by atoms with van der Waals surface area (Å²) in [6.07, 6.45) is -1.77. The van der Waals surface area contributed by atoms with Gasteiger partial charge in [-0.15, -0.1) is 0 Å². The highest BCUT2D eigenvalue weighted by molar-refractivity contribution is 5.27. The molecule has 20 heavy (non-hydrogen) atoms. The molecule has 1 fully saturated rings. The van der Waals surface area contributed by atoms with Gasteiger partial charge in [-0.25, -0.2) is 0 Å². The molecule has 0 bridgehead atoms. The molecule has 0 spiro atoms. The van der Waals surface area contributed by atoms with Crippen LogP contribution in [0.25, 0.3) is 0 Å². The van der Waals surface area contributed by atoms with Crippen molar-refractivity contribution in [3.05, 3.63) is 35.4 Å². The van der Waals surface area contributed by atoms with E-state index in [2.05, 4.69) is 5.32 Å². The van der Waals surface area contributed by atoms with Crippen LogP contribution in [0.5, 0.6) is 0 Å². The lowest BCUT2D eigenvalue weighted by Gasteiger charge is -2.20. The highest BCUT2D eigenvalue weighted by Crippen LogP contribution is 2.31. The summed E-state index contributed by atoms with van der Waals surface area (Å²) in [5.74, 6) is 0.211. The van der Waals surface area contributed by atoms with Crippen LogP contribution in [0.3, 0.4) is 0 Å². The fourth-order valence-electron chi connectivity index (χ4n) is 2.69. The largest absolute Gasteiger partial charge is 0.416 e. The van der Waals surface area contributed by atoms with E-state index >= 15 is 0 Å². The topological polar surface area (TPSA) is 32.3 Å². The first kappa shape index (κ1) is 15.3. The quantitative estimate of drug-likeness (QED) is 0.888. The summed E-state index contributed by atoms with van der Waals surface area (Å²) in [6.45, 7) is 2.48. The molecule has 0 heterocycles. The Kier molecular flexibility index (Phi) is 4.70. The van der Waals surface area contributed by atoms with Crippen LogP contribution in [-0.4, -0.2) is 17.8 Å². The molecule has 1 aliphatic rings. The fraction of sp³-hybridized carbons (Fsp3) is 0.600. The first-order valence-corrected chi connectivity index (χ1v) is 6.96. The minimum Gasteiger partial charge on any atom is -0.393 e. The Balaban J connectivity index is 1.97. The summed E-state index contributed by atoms with van der Waals surface area (Å²) in [4.78, 5) is 0. The van der Waals surface area contributed by atoms with Gasteiger partial charge in [-0.1, -0.05) is 18.6 Å². The van der Waals surface area contributed by atoms with E-state index < -0.39 is 11.7 Å². The molecule has 3 unspecified atom stereocenters. The van der Waals surface area contributed by atoms with Gasteiger partial charge in [-0.3, -0.25) is 0 Å². The summed E-state index contributed by atoms with van der Waals surface area (Å²) in [6, 6.07) is 5.23. The van der Waals surface area contributed by atoms with Crippen molar-refractivity contribution in [2.75, 3.05) is 6.54 Å². The van der Waals surface area contributed by atoms with Crippen molar-refractivity contribution < 1.29 is 18.3 Å². The van der Waals surface area contributed by atoms with E-state index in [-0.39, 0.29) is 18.1 Å². The van der Waals surface area contributed by atoms with Gasteiger partial charge in [0.2, 0.25) is 0 Å². The fourth-order valence-corrected chi connectivity index (χ4v) is 2.69. The van der Waals surface area contributed by atoms with Crippen LogP contribution in [0.2, 0.25) is 0 Å². The summed E-state index contributed by atoms with van der Waals surface area (Å²) in [5.41, 5.74) is -0.00290. The molecule has 0 amide bonds. The smallest absolute Gasteiger partial charge is 0.393 e. The third-order valence-corrected chi connectivity index (χ3v) is 4.02. The average molecular weight is 287 g/mol. The predicted octanol–water partition coefficient (Wildman–Crippen LogP) is 3.52. The molecule has 2 N–H and O–H groups in total. The zero-order valence-electron chi connectivity index (χ0n) is 11.5. The standard InChI is InChI=1S/C15H20F3NO/c1-10(19-9-12-5-3-7-14(12)20)11-4-2-6-13(8-11)15(16,17)18/h2,4,6,8,10,12,14,19-20H,3,5,7,9H2,1H3. The molecule has 2 nitrogen and oxygen atoms in total. The van der Waals surface area contributed by atoms with E-state index in [1.165, 1.54) is 12.1 Å². The Bertz CT molecular complexity index is 447. The van der Waals surface area contributed by atoms with Crippen molar-refractivity contribution in [1.29, 1.82) is 0 Å². The van der Waals surface area contributed by atoms with E-state index in [4.69, 9.17) is 0 Å². The molecule has 1 saturated carbocycles. The predicted molar refractivity (Wildman–Crippen MR) is 71.2 cm³/mol. The molecule has 1 aromatic carbocycles. The zero-order valence-corrected chi connectivity index (χ0v) is 11.5. The first-order chi connectivity index (χ1) is 9.38. The lowest BCUT2D eigenvalue weighted by Crippen LogP contribution is -2.29. The second-order valence-electron chi connectivity index (χ2n) is 5.51. The van der Waals surface area contributed by atoms with Gasteiger partial charge in [-0.2, -0.15) is 13.2 Å². The van der Waals surface area contributed by atoms with E-state index in [0.29, 0.717) is 12.1 Å². The molecular weight excluding hydrogens is 267 g/mol. The first-order valence-electron chi connectivity index (χ1n) is 6.96. The maximum absolute atomic E-state index is 12.7. The van der Waals surface area contributed by atoms with Crippen LogP contribution in [-0.2, 0) is 6.18 Å². The van der Waals surface area contributed by atoms with Crippen LogP contribution in [0, 0.1) is 5.92 Å². The molecule has 1 aromatic rings. The molecule has 0 saturated heterocycles. The number of hydrogen-bond acceptors (Lipinski definition) is 2. The summed E-state index contributed by atoms with van der Waals surface area (Å²) in [5, 5.41) is 13.0. The monoisotopic (exact) mass is 287 g/mol. The normalized spacial score (nSPS) is 24.9. The lowest BCUT2D eigenvalue weighted by atomic mass is 10.0. The van der Waals surface area contributed by atoms with Crippen LogP contribution in [0.15, 0.2) is 24.3 Å². The van der Waals surface area contributed by atoms with Crippen molar-refractivity contribution in [2.24, 2.45) is 5.92 Å². The number of benzene rings is 1. The summed E-state index contributed by atoms with van der Waals surface area (Å²) < 4.78 is 38.0. The second kappa shape index (κ2) is 6.14. The number of nitrogens with one attached hydrogen (secondary N) is 1. The summed E-state index contributed by atoms with van der Waals surface area (Å²) >= 11 is 0. The van der Waals surface area contributed by atoms with Crippen molar-refractivity contribution in [1.82, 2.24) is 5.32 Å². The van der Waals surface area contributed by atoms with Crippen molar-refractivity contribution in [3.8, 4) is 0 Å². The van der Waals surface area contributed by atoms with E-state index in [9.17, 15) is 18.3 Å². The van der Waals surface area contributed by atoms with Crippen LogP contribution in [0.1, 0.15) is 43.4 Å². The van der Waals surface area contributed by atoms with Crippen molar-refractivity contribution in [2.45, 2.75) is 44.5 Å². The van der Waals surface area contributed by atoms with Gasteiger partial charge in [0.25, 0.3) is 0 Å². The van der Waals surface area contributed by atoms with Gasteiger partial charge in [0.1, 0.15) is 0 Å². The Morgan fingerprint density at radius 3 is 2.70 bits per heavy atom. The number of aliphatic hydroxyl groups is 1. The zero-order chi connectivity index (χ0) is 14.8. The number of halogens is 3. The third kappa shape index (κ3) is 3.73. The van der Waals surface area contributed by atoms with Gasteiger partial charge in [0.15, 0.2) is 0 Å². The van der Waals surface area contributed by atoms with Crippen LogP contribution >= 0.6 is 0 Å². The maximum atomic E-state index is 12.7. The van der Waals surface area contributed by atoms with Crippen LogP contribution in [0.4, 0.5) is 13.2 Å². The molecule has 0 aliphatic heterocycles. The molecular formula is C15H20F3NO. The molecule has 3 atom stereocenters. The van der Waals surface area contributed by atoms with Gasteiger partial charge in [0.05, 0.1) is 11.7 Å². The molecule has 112 valence electrons. The number of alkyl halides is 3. The van der Waals surface area contributed by atoms with Crippen molar-refractivity contribution in [3.63, 3.8) is 0 Å². The Labute approximate surface area is 117 Å². The van der Waals surface area contributed by atoms with Gasteiger partial charge in [-0.05, 0) is 43.4 Å². The molecule has 2 rings (SSSR count). The minimum absolute atomic E-state index is 0.162. The highest BCUT2D eigenvalue weighted by Gasteiger charge is 2.31.